The number of hydrogen-bond acceptors (Lipinski definition) is 5. The molecule has 1 aromatic carbocycles. The third kappa shape index (κ3) is 2.95. The second-order valence-corrected chi connectivity index (χ2v) is 6.63. The Morgan fingerprint density at radius 1 is 1.24 bits per heavy atom. The number of aryl methyl sites for hydroxylation is 2. The summed E-state index contributed by atoms with van der Waals surface area (Å²) in [6.45, 7) is 8.10. The van der Waals surface area contributed by atoms with Gasteiger partial charge < -0.3 is 10.2 Å². The number of nitrogens with one attached hydrogen (secondary N) is 1. The first-order valence-corrected chi connectivity index (χ1v) is 8.54. The third-order valence-electron chi connectivity index (χ3n) is 4.68. The molecule has 0 saturated heterocycles. The van der Waals surface area contributed by atoms with Crippen molar-refractivity contribution in [1.82, 2.24) is 25.0 Å². The van der Waals surface area contributed by atoms with Crippen LogP contribution in [0, 0.1) is 13.8 Å². The van der Waals surface area contributed by atoms with Gasteiger partial charge in [-0.05, 0) is 43.5 Å². The van der Waals surface area contributed by atoms with Gasteiger partial charge in [0.25, 0.3) is 0 Å². The smallest absolute Gasteiger partial charge is 0.151 e. The summed E-state index contributed by atoms with van der Waals surface area (Å²) in [6, 6.07) is 6.69. The normalized spacial score (nSPS) is 19.2. The fraction of sp³-hybridized carbons (Fsp3) is 0.316. The van der Waals surface area contributed by atoms with Crippen LogP contribution in [-0.2, 0) is 6.54 Å². The quantitative estimate of drug-likeness (QED) is 0.933. The van der Waals surface area contributed by atoms with E-state index in [4.69, 9.17) is 4.99 Å². The van der Waals surface area contributed by atoms with E-state index in [1.54, 1.807) is 17.3 Å². The Bertz CT molecular complexity index is 855. The van der Waals surface area contributed by atoms with E-state index in [-0.39, 0.29) is 6.04 Å². The molecule has 1 N–H and O–H groups in total. The molecule has 25 heavy (non-hydrogen) atoms. The summed E-state index contributed by atoms with van der Waals surface area (Å²) in [5.74, 6) is 1.00. The van der Waals surface area contributed by atoms with Crippen LogP contribution < -0.4 is 5.32 Å². The summed E-state index contributed by atoms with van der Waals surface area (Å²) in [6.07, 6.45) is 7.44. The molecule has 0 saturated carbocycles. The van der Waals surface area contributed by atoms with Gasteiger partial charge in [0.2, 0.25) is 0 Å². The zero-order chi connectivity index (χ0) is 17.4. The summed E-state index contributed by atoms with van der Waals surface area (Å²) in [7, 11) is 0. The highest BCUT2D eigenvalue weighted by molar-refractivity contribution is 6.03. The second-order valence-electron chi connectivity index (χ2n) is 6.63. The molecule has 1 aromatic heterocycles. The molecule has 0 aliphatic carbocycles. The summed E-state index contributed by atoms with van der Waals surface area (Å²) in [5.41, 5.74) is 5.94. The van der Waals surface area contributed by atoms with E-state index in [1.165, 1.54) is 16.7 Å². The van der Waals surface area contributed by atoms with Crippen molar-refractivity contribution in [1.29, 1.82) is 0 Å². The first-order valence-electron chi connectivity index (χ1n) is 8.54. The highest BCUT2D eigenvalue weighted by atomic mass is 15.3. The van der Waals surface area contributed by atoms with E-state index < -0.39 is 0 Å². The average molecular weight is 334 g/mol. The van der Waals surface area contributed by atoms with Gasteiger partial charge in [-0.25, -0.2) is 9.67 Å². The van der Waals surface area contributed by atoms with Gasteiger partial charge in [0.15, 0.2) is 5.84 Å². The standard InChI is InChI=1S/C19H22N6/c1-13-5-4-6-14(2)17(13)8-21-18-7-16(25-12-20-11-22-25)10-24-9-15(3)23-19(18)24/h4-7,10-12,15,21H,8-9H2,1-3H3. The first-order chi connectivity index (χ1) is 12.1. The minimum atomic E-state index is 0.284. The number of allylic oxidation sites excluding steroid dienone is 2. The Hall–Kier alpha value is -2.89. The summed E-state index contributed by atoms with van der Waals surface area (Å²) < 4.78 is 1.78. The Balaban J connectivity index is 1.64. The Kier molecular flexibility index (Phi) is 3.87. The number of fused-ring (bicyclic) bond motifs is 1. The predicted molar refractivity (Wildman–Crippen MR) is 98.7 cm³/mol. The molecule has 1 unspecified atom stereocenters. The van der Waals surface area contributed by atoms with Crippen LogP contribution in [0.4, 0.5) is 0 Å². The molecule has 0 bridgehead atoms. The monoisotopic (exact) mass is 334 g/mol. The molecule has 0 spiro atoms. The Labute approximate surface area is 147 Å². The van der Waals surface area contributed by atoms with Gasteiger partial charge in [-0.1, -0.05) is 18.2 Å². The van der Waals surface area contributed by atoms with Crippen molar-refractivity contribution in [3.63, 3.8) is 0 Å². The van der Waals surface area contributed by atoms with Gasteiger partial charge in [0.1, 0.15) is 12.7 Å². The van der Waals surface area contributed by atoms with Crippen molar-refractivity contribution in [2.24, 2.45) is 4.99 Å². The molecule has 3 heterocycles. The minimum absolute atomic E-state index is 0.284. The second kappa shape index (κ2) is 6.20. The maximum atomic E-state index is 4.79. The summed E-state index contributed by atoms with van der Waals surface area (Å²) in [4.78, 5) is 11.0. The van der Waals surface area contributed by atoms with Crippen molar-refractivity contribution >= 4 is 11.5 Å². The van der Waals surface area contributed by atoms with Gasteiger partial charge >= 0.3 is 0 Å². The highest BCUT2D eigenvalue weighted by Gasteiger charge is 2.27. The maximum Gasteiger partial charge on any atom is 0.151 e. The number of amidine groups is 1. The van der Waals surface area contributed by atoms with Crippen LogP contribution in [-0.4, -0.2) is 38.1 Å². The number of aliphatic imine (C=N–C) groups is 1. The van der Waals surface area contributed by atoms with Crippen LogP contribution in [0.5, 0.6) is 0 Å². The zero-order valence-electron chi connectivity index (χ0n) is 14.8. The van der Waals surface area contributed by atoms with E-state index >= 15 is 0 Å². The number of nitrogens with zero attached hydrogens (tertiary/aromatic N) is 5. The molecule has 2 aliphatic rings. The van der Waals surface area contributed by atoms with Crippen LogP contribution in [0.1, 0.15) is 23.6 Å². The lowest BCUT2D eigenvalue weighted by atomic mass is 10.0. The molecule has 2 aromatic rings. The zero-order valence-corrected chi connectivity index (χ0v) is 14.8. The number of rotatable bonds is 4. The Morgan fingerprint density at radius 3 is 2.76 bits per heavy atom. The molecule has 2 aliphatic heterocycles. The average Bonchev–Trinajstić information content (AvgIpc) is 3.22. The molecule has 128 valence electrons. The van der Waals surface area contributed by atoms with Gasteiger partial charge in [-0.2, -0.15) is 5.10 Å². The fourth-order valence-electron chi connectivity index (χ4n) is 3.35. The van der Waals surface area contributed by atoms with E-state index in [1.807, 2.05) is 0 Å². The van der Waals surface area contributed by atoms with Crippen molar-refractivity contribution in [3.05, 3.63) is 65.5 Å². The van der Waals surface area contributed by atoms with Gasteiger partial charge in [-0.3, -0.25) is 4.99 Å². The summed E-state index contributed by atoms with van der Waals surface area (Å²) in [5, 5.41) is 7.84. The topological polar surface area (TPSA) is 58.3 Å². The van der Waals surface area contributed by atoms with E-state index in [0.717, 1.165) is 30.3 Å². The number of benzene rings is 1. The lowest BCUT2D eigenvalue weighted by Crippen LogP contribution is -2.34. The molecule has 0 fully saturated rings. The molecule has 1 atom stereocenters. The highest BCUT2D eigenvalue weighted by Crippen LogP contribution is 2.24. The van der Waals surface area contributed by atoms with Crippen molar-refractivity contribution < 1.29 is 0 Å². The van der Waals surface area contributed by atoms with Crippen LogP contribution in [0.3, 0.4) is 0 Å². The lowest BCUT2D eigenvalue weighted by Gasteiger charge is -2.25. The predicted octanol–water partition coefficient (Wildman–Crippen LogP) is 2.48. The number of hydrogen-bond donors (Lipinski definition) is 1. The van der Waals surface area contributed by atoms with Crippen LogP contribution >= 0.6 is 0 Å². The third-order valence-corrected chi connectivity index (χ3v) is 4.68. The molecule has 6 heteroatoms. The van der Waals surface area contributed by atoms with Crippen molar-refractivity contribution in [3.8, 4) is 0 Å². The first kappa shape index (κ1) is 15.6. The molecule has 6 nitrogen and oxygen atoms in total. The summed E-state index contributed by atoms with van der Waals surface area (Å²) >= 11 is 0. The van der Waals surface area contributed by atoms with Crippen LogP contribution in [0.2, 0.25) is 0 Å². The van der Waals surface area contributed by atoms with E-state index in [0.29, 0.717) is 0 Å². The fourth-order valence-corrected chi connectivity index (χ4v) is 3.35. The van der Waals surface area contributed by atoms with E-state index in [9.17, 15) is 0 Å². The SMILES string of the molecule is Cc1cccc(C)c1CNC1=CC(n2cncn2)=CN2CC(C)N=C12. The van der Waals surface area contributed by atoms with Gasteiger partial charge in [0, 0.05) is 19.3 Å². The largest absolute Gasteiger partial charge is 0.378 e. The molecular formula is C19H22N6. The molecular weight excluding hydrogens is 312 g/mol. The van der Waals surface area contributed by atoms with Crippen LogP contribution in [0.15, 0.2) is 53.8 Å². The Morgan fingerprint density at radius 2 is 2.04 bits per heavy atom. The van der Waals surface area contributed by atoms with Gasteiger partial charge in [0.05, 0.1) is 17.4 Å². The lowest BCUT2D eigenvalue weighted by molar-refractivity contribution is 0.550. The maximum absolute atomic E-state index is 4.79. The van der Waals surface area contributed by atoms with Crippen molar-refractivity contribution in [2.45, 2.75) is 33.4 Å². The van der Waals surface area contributed by atoms with Crippen LogP contribution in [0.25, 0.3) is 5.70 Å². The molecule has 0 radical (unpaired) electrons. The number of aromatic nitrogens is 3. The minimum Gasteiger partial charge on any atom is -0.378 e. The molecule has 0 amide bonds. The van der Waals surface area contributed by atoms with Crippen molar-refractivity contribution in [2.75, 3.05) is 6.54 Å². The van der Waals surface area contributed by atoms with E-state index in [2.05, 4.69) is 71.5 Å². The molecule has 4 rings (SSSR count). The van der Waals surface area contributed by atoms with Gasteiger partial charge in [-0.15, -0.1) is 0 Å².